The van der Waals surface area contributed by atoms with E-state index in [1.54, 1.807) is 0 Å². The summed E-state index contributed by atoms with van der Waals surface area (Å²) < 4.78 is 29.9. The Morgan fingerprint density at radius 3 is 2.38 bits per heavy atom. The van der Waals surface area contributed by atoms with Crippen LogP contribution in [-0.4, -0.2) is 21.3 Å². The maximum absolute atomic E-state index is 11.2. The van der Waals surface area contributed by atoms with Crippen LogP contribution in [0.4, 0.5) is 0 Å². The standard InChI is InChI=1S/C12H26O7P2/c1-4-11(2)7-5-6-8-12(3)9-10-18-21(16,17)19-20(13,14)15/h7,12H,4-6,8-10H2,1-3H3,(H,16,17)(H2,13,14,15)/b11-7+. The van der Waals surface area contributed by atoms with Gasteiger partial charge in [-0.3, -0.25) is 4.52 Å². The van der Waals surface area contributed by atoms with Crippen molar-refractivity contribution in [2.24, 2.45) is 5.92 Å². The number of allylic oxidation sites excluding steroid dienone is 2. The first kappa shape index (κ1) is 21.0. The molecule has 0 saturated heterocycles. The normalized spacial score (nSPS) is 17.5. The van der Waals surface area contributed by atoms with E-state index in [0.29, 0.717) is 6.42 Å². The fourth-order valence-electron chi connectivity index (χ4n) is 1.63. The van der Waals surface area contributed by atoms with Gasteiger partial charge in [-0.15, -0.1) is 0 Å². The lowest BCUT2D eigenvalue weighted by molar-refractivity contribution is 0.170. The third-order valence-electron chi connectivity index (χ3n) is 3.03. The molecule has 0 aliphatic carbocycles. The molecule has 0 spiro atoms. The maximum atomic E-state index is 11.2. The number of phosphoric ester groups is 1. The van der Waals surface area contributed by atoms with E-state index in [4.69, 9.17) is 14.7 Å². The van der Waals surface area contributed by atoms with Gasteiger partial charge in [0.05, 0.1) is 6.61 Å². The fourth-order valence-corrected chi connectivity index (χ4v) is 3.23. The van der Waals surface area contributed by atoms with Gasteiger partial charge in [0.15, 0.2) is 0 Å². The lowest BCUT2D eigenvalue weighted by atomic mass is 10.0. The molecule has 0 bridgehead atoms. The van der Waals surface area contributed by atoms with Crippen LogP contribution in [0.25, 0.3) is 0 Å². The molecular weight excluding hydrogens is 318 g/mol. The van der Waals surface area contributed by atoms with Gasteiger partial charge in [-0.2, -0.15) is 4.31 Å². The lowest BCUT2D eigenvalue weighted by Gasteiger charge is -2.14. The van der Waals surface area contributed by atoms with Gasteiger partial charge in [0.1, 0.15) is 0 Å². The summed E-state index contributed by atoms with van der Waals surface area (Å²) in [6.07, 6.45) is 6.75. The molecule has 0 aromatic carbocycles. The Labute approximate surface area is 126 Å². The molecule has 21 heavy (non-hydrogen) atoms. The largest absolute Gasteiger partial charge is 0.481 e. The summed E-state index contributed by atoms with van der Waals surface area (Å²) in [7, 11) is -9.72. The summed E-state index contributed by atoms with van der Waals surface area (Å²) in [4.78, 5) is 26.0. The van der Waals surface area contributed by atoms with Crippen molar-refractivity contribution in [1.82, 2.24) is 0 Å². The Hall–Kier alpha value is -0.0000000000000000416. The number of hydrogen-bond acceptors (Lipinski definition) is 4. The Balaban J connectivity index is 3.87. The molecule has 0 radical (unpaired) electrons. The van der Waals surface area contributed by atoms with E-state index in [1.165, 1.54) is 5.57 Å². The average molecular weight is 344 g/mol. The fraction of sp³-hybridized carbons (Fsp3) is 0.833. The molecule has 7 nitrogen and oxygen atoms in total. The van der Waals surface area contributed by atoms with E-state index >= 15 is 0 Å². The average Bonchev–Trinajstić information content (AvgIpc) is 2.30. The van der Waals surface area contributed by atoms with E-state index in [0.717, 1.165) is 25.7 Å². The van der Waals surface area contributed by atoms with Crippen molar-refractivity contribution in [2.45, 2.75) is 52.9 Å². The van der Waals surface area contributed by atoms with Gasteiger partial charge < -0.3 is 14.7 Å². The van der Waals surface area contributed by atoms with E-state index < -0.39 is 15.6 Å². The quantitative estimate of drug-likeness (QED) is 0.297. The minimum Gasteiger partial charge on any atom is -0.302 e. The molecule has 2 atom stereocenters. The van der Waals surface area contributed by atoms with Crippen LogP contribution in [0.5, 0.6) is 0 Å². The van der Waals surface area contributed by atoms with Crippen LogP contribution in [-0.2, 0) is 18.0 Å². The van der Waals surface area contributed by atoms with E-state index in [-0.39, 0.29) is 12.5 Å². The van der Waals surface area contributed by atoms with Crippen molar-refractivity contribution in [3.05, 3.63) is 11.6 Å². The molecule has 0 aliphatic heterocycles. The monoisotopic (exact) mass is 344 g/mol. The van der Waals surface area contributed by atoms with Gasteiger partial charge in [-0.05, 0) is 38.5 Å². The Morgan fingerprint density at radius 1 is 1.24 bits per heavy atom. The molecule has 0 aromatic heterocycles. The molecule has 0 saturated carbocycles. The second-order valence-electron chi connectivity index (χ2n) is 5.10. The molecule has 0 aliphatic rings. The first-order valence-electron chi connectivity index (χ1n) is 6.95. The van der Waals surface area contributed by atoms with Crippen LogP contribution in [0.15, 0.2) is 11.6 Å². The van der Waals surface area contributed by atoms with Crippen molar-refractivity contribution >= 4 is 15.6 Å². The molecule has 0 aromatic rings. The van der Waals surface area contributed by atoms with Crippen LogP contribution >= 0.6 is 15.6 Å². The third-order valence-corrected chi connectivity index (χ3v) is 5.21. The third kappa shape index (κ3) is 13.4. The summed E-state index contributed by atoms with van der Waals surface area (Å²) in [5.74, 6) is 0.287. The van der Waals surface area contributed by atoms with Crippen LogP contribution < -0.4 is 0 Å². The number of unbranched alkanes of at least 4 members (excludes halogenated alkanes) is 1. The van der Waals surface area contributed by atoms with Crippen molar-refractivity contribution < 1.29 is 32.6 Å². The first-order chi connectivity index (χ1) is 9.56. The summed E-state index contributed by atoms with van der Waals surface area (Å²) in [6.45, 7) is 6.11. The minimum absolute atomic E-state index is 0.0846. The molecule has 0 heterocycles. The van der Waals surface area contributed by atoms with E-state index in [2.05, 4.69) is 28.8 Å². The number of hydrogen-bond donors (Lipinski definition) is 3. The van der Waals surface area contributed by atoms with Crippen molar-refractivity contribution in [2.75, 3.05) is 6.61 Å². The molecule has 0 amide bonds. The number of rotatable bonds is 11. The highest BCUT2D eigenvalue weighted by atomic mass is 31.3. The molecule has 9 heteroatoms. The maximum Gasteiger partial charge on any atom is 0.481 e. The Kier molecular flexibility index (Phi) is 9.90. The summed E-state index contributed by atoms with van der Waals surface area (Å²) in [6, 6.07) is 0. The van der Waals surface area contributed by atoms with E-state index in [9.17, 15) is 9.13 Å². The highest BCUT2D eigenvalue weighted by Crippen LogP contribution is 2.57. The smallest absolute Gasteiger partial charge is 0.302 e. The predicted octanol–water partition coefficient (Wildman–Crippen LogP) is 3.77. The highest BCUT2D eigenvalue weighted by molar-refractivity contribution is 7.60. The van der Waals surface area contributed by atoms with Gasteiger partial charge in [-0.1, -0.05) is 31.9 Å². The highest BCUT2D eigenvalue weighted by Gasteiger charge is 2.32. The topological polar surface area (TPSA) is 113 Å². The molecule has 3 N–H and O–H groups in total. The van der Waals surface area contributed by atoms with Gasteiger partial charge in [-0.25, -0.2) is 9.13 Å². The SMILES string of the molecule is CC/C(C)=C/CCCC(C)CCOP(=O)(O)OP(=O)(O)O. The van der Waals surface area contributed by atoms with Gasteiger partial charge in [0.2, 0.25) is 0 Å². The van der Waals surface area contributed by atoms with Gasteiger partial charge >= 0.3 is 15.6 Å². The zero-order valence-corrected chi connectivity index (χ0v) is 14.6. The summed E-state index contributed by atoms with van der Waals surface area (Å²) in [5.41, 5.74) is 1.36. The van der Waals surface area contributed by atoms with Crippen molar-refractivity contribution in [1.29, 1.82) is 0 Å². The Morgan fingerprint density at radius 2 is 1.86 bits per heavy atom. The van der Waals surface area contributed by atoms with E-state index in [1.807, 2.05) is 6.92 Å². The van der Waals surface area contributed by atoms with Crippen LogP contribution in [0.3, 0.4) is 0 Å². The first-order valence-corrected chi connectivity index (χ1v) is 9.98. The van der Waals surface area contributed by atoms with Crippen molar-refractivity contribution in [3.63, 3.8) is 0 Å². The predicted molar refractivity (Wildman–Crippen MR) is 80.6 cm³/mol. The van der Waals surface area contributed by atoms with Crippen LogP contribution in [0.1, 0.15) is 52.9 Å². The molecule has 0 rings (SSSR count). The van der Waals surface area contributed by atoms with Gasteiger partial charge in [0.25, 0.3) is 0 Å². The lowest BCUT2D eigenvalue weighted by Crippen LogP contribution is -2.02. The molecule has 0 fully saturated rings. The zero-order valence-electron chi connectivity index (χ0n) is 12.8. The molecule has 2 unspecified atom stereocenters. The van der Waals surface area contributed by atoms with Crippen LogP contribution in [0.2, 0.25) is 0 Å². The second kappa shape index (κ2) is 9.90. The van der Waals surface area contributed by atoms with Crippen LogP contribution in [0, 0.1) is 5.92 Å². The van der Waals surface area contributed by atoms with Gasteiger partial charge in [0, 0.05) is 0 Å². The second-order valence-corrected chi connectivity index (χ2v) is 7.93. The Bertz CT molecular complexity index is 416. The summed E-state index contributed by atoms with van der Waals surface area (Å²) >= 11 is 0. The zero-order chi connectivity index (χ0) is 16.5. The molecule has 126 valence electrons. The number of phosphoric acid groups is 2. The minimum atomic E-state index is -5.03. The summed E-state index contributed by atoms with van der Waals surface area (Å²) in [5, 5.41) is 0. The van der Waals surface area contributed by atoms with Crippen molar-refractivity contribution in [3.8, 4) is 0 Å². The molecular formula is C12H26O7P2.